The van der Waals surface area contributed by atoms with Crippen molar-refractivity contribution in [1.29, 1.82) is 0 Å². The lowest BCUT2D eigenvalue weighted by Gasteiger charge is -2.28. The van der Waals surface area contributed by atoms with Crippen LogP contribution in [-0.4, -0.2) is 23.9 Å². The fourth-order valence-corrected chi connectivity index (χ4v) is 3.71. The monoisotopic (exact) mass is 337 g/mol. The molecule has 0 radical (unpaired) electrons. The number of primary amides is 1. The molecule has 5 nitrogen and oxygen atoms in total. The van der Waals surface area contributed by atoms with Crippen molar-refractivity contribution in [2.24, 2.45) is 11.7 Å². The Kier molecular flexibility index (Phi) is 6.02. The van der Waals surface area contributed by atoms with Crippen molar-refractivity contribution in [3.05, 3.63) is 35.4 Å². The van der Waals surface area contributed by atoms with Crippen LogP contribution in [0.1, 0.15) is 48.0 Å². The molecule has 0 aromatic heterocycles. The molecule has 0 saturated carbocycles. The predicted molar refractivity (Wildman–Crippen MR) is 91.3 cm³/mol. The fraction of sp³-hybridized carbons (Fsp3) is 0.529. The molecule has 2 amide bonds. The maximum Gasteiger partial charge on any atom is 0.248 e. The number of benzene rings is 1. The van der Waals surface area contributed by atoms with Gasteiger partial charge in [-0.25, -0.2) is 0 Å². The van der Waals surface area contributed by atoms with Crippen LogP contribution in [0.3, 0.4) is 0 Å². The van der Waals surface area contributed by atoms with Gasteiger partial charge in [-0.15, -0.1) is 12.4 Å². The van der Waals surface area contributed by atoms with E-state index in [0.717, 1.165) is 18.4 Å². The summed E-state index contributed by atoms with van der Waals surface area (Å²) in [4.78, 5) is 23.3. The largest absolute Gasteiger partial charge is 0.366 e. The van der Waals surface area contributed by atoms with Gasteiger partial charge in [0, 0.05) is 30.6 Å². The van der Waals surface area contributed by atoms with Gasteiger partial charge in [-0.3, -0.25) is 9.59 Å². The van der Waals surface area contributed by atoms with Gasteiger partial charge in [0.15, 0.2) is 0 Å². The molecule has 2 bridgehead atoms. The van der Waals surface area contributed by atoms with Crippen molar-refractivity contribution in [2.75, 3.05) is 0 Å². The van der Waals surface area contributed by atoms with Crippen molar-refractivity contribution in [3.8, 4) is 0 Å². The molecule has 126 valence electrons. The van der Waals surface area contributed by atoms with E-state index < -0.39 is 5.91 Å². The Hall–Kier alpha value is -1.59. The summed E-state index contributed by atoms with van der Waals surface area (Å²) in [6, 6.07) is 8.31. The third-order valence-corrected chi connectivity index (χ3v) is 4.75. The fourth-order valence-electron chi connectivity index (χ4n) is 3.71. The van der Waals surface area contributed by atoms with Gasteiger partial charge in [0.2, 0.25) is 11.8 Å². The summed E-state index contributed by atoms with van der Waals surface area (Å²) in [5.41, 5.74) is 6.63. The molecule has 1 aromatic rings. The van der Waals surface area contributed by atoms with Crippen LogP contribution >= 0.6 is 12.4 Å². The highest BCUT2D eigenvalue weighted by Gasteiger charge is 2.34. The Morgan fingerprint density at radius 3 is 2.57 bits per heavy atom. The zero-order valence-corrected chi connectivity index (χ0v) is 13.9. The van der Waals surface area contributed by atoms with Crippen molar-refractivity contribution >= 4 is 24.2 Å². The summed E-state index contributed by atoms with van der Waals surface area (Å²) >= 11 is 0. The van der Waals surface area contributed by atoms with E-state index in [-0.39, 0.29) is 18.3 Å². The van der Waals surface area contributed by atoms with E-state index in [0.29, 0.717) is 36.5 Å². The first-order valence-electron chi connectivity index (χ1n) is 8.01. The Bertz CT molecular complexity index is 567. The van der Waals surface area contributed by atoms with Gasteiger partial charge in [0.25, 0.3) is 0 Å². The third-order valence-electron chi connectivity index (χ3n) is 4.75. The molecule has 0 aliphatic carbocycles. The van der Waals surface area contributed by atoms with Gasteiger partial charge in [-0.2, -0.15) is 0 Å². The molecule has 2 heterocycles. The number of halogens is 1. The molecule has 3 rings (SSSR count). The maximum atomic E-state index is 12.1. The minimum absolute atomic E-state index is 0. The Balaban J connectivity index is 0.00000192. The highest BCUT2D eigenvalue weighted by molar-refractivity contribution is 5.92. The van der Waals surface area contributed by atoms with E-state index in [4.69, 9.17) is 5.73 Å². The minimum Gasteiger partial charge on any atom is -0.366 e. The summed E-state index contributed by atoms with van der Waals surface area (Å²) in [7, 11) is 0. The molecule has 1 aromatic carbocycles. The molecule has 4 N–H and O–H groups in total. The number of amides is 2. The molecule has 2 saturated heterocycles. The van der Waals surface area contributed by atoms with Crippen LogP contribution in [-0.2, 0) is 11.3 Å². The van der Waals surface area contributed by atoms with Gasteiger partial charge in [0.1, 0.15) is 0 Å². The number of rotatable bonds is 5. The van der Waals surface area contributed by atoms with Crippen LogP contribution in [0.4, 0.5) is 0 Å². The van der Waals surface area contributed by atoms with Gasteiger partial charge in [-0.1, -0.05) is 12.1 Å². The molecule has 6 heteroatoms. The maximum absolute atomic E-state index is 12.1. The number of carbonyl (C=O) groups excluding carboxylic acids is 2. The molecule has 2 fully saturated rings. The third kappa shape index (κ3) is 4.69. The SMILES string of the molecule is Cl.NC(=O)c1cccc(CNC(=O)CC2CC3CCC(C2)N3)c1. The summed E-state index contributed by atoms with van der Waals surface area (Å²) in [5.74, 6) is 0.143. The van der Waals surface area contributed by atoms with Crippen LogP contribution in [0.15, 0.2) is 24.3 Å². The molecule has 23 heavy (non-hydrogen) atoms. The smallest absolute Gasteiger partial charge is 0.248 e. The van der Waals surface area contributed by atoms with Gasteiger partial charge >= 0.3 is 0 Å². The van der Waals surface area contributed by atoms with Crippen molar-refractivity contribution < 1.29 is 9.59 Å². The molecular weight excluding hydrogens is 314 g/mol. The van der Waals surface area contributed by atoms with Gasteiger partial charge < -0.3 is 16.4 Å². The summed E-state index contributed by atoms with van der Waals surface area (Å²) < 4.78 is 0. The van der Waals surface area contributed by atoms with E-state index in [1.54, 1.807) is 18.2 Å². The zero-order chi connectivity index (χ0) is 15.5. The first-order chi connectivity index (χ1) is 10.6. The summed E-state index contributed by atoms with van der Waals surface area (Å²) in [5, 5.41) is 6.54. The lowest BCUT2D eigenvalue weighted by atomic mass is 9.89. The molecule has 2 unspecified atom stereocenters. The van der Waals surface area contributed by atoms with Crippen molar-refractivity contribution in [3.63, 3.8) is 0 Å². The van der Waals surface area contributed by atoms with E-state index in [9.17, 15) is 9.59 Å². The molecule has 2 atom stereocenters. The number of hydrogen-bond donors (Lipinski definition) is 3. The van der Waals surface area contributed by atoms with Crippen molar-refractivity contribution in [2.45, 2.75) is 50.7 Å². The highest BCUT2D eigenvalue weighted by Crippen LogP contribution is 2.32. The lowest BCUT2D eigenvalue weighted by molar-refractivity contribution is -0.122. The Morgan fingerprint density at radius 2 is 1.91 bits per heavy atom. The Morgan fingerprint density at radius 1 is 1.22 bits per heavy atom. The molecule has 2 aliphatic rings. The number of hydrogen-bond acceptors (Lipinski definition) is 3. The van der Waals surface area contributed by atoms with Crippen LogP contribution in [0.5, 0.6) is 0 Å². The standard InChI is InChI=1S/C17H23N3O2.ClH/c18-17(22)13-3-1-2-11(6-13)10-19-16(21)9-12-7-14-4-5-15(8-12)20-14;/h1-3,6,12,14-15,20H,4-5,7-10H2,(H2,18,22)(H,19,21);1H. The number of fused-ring (bicyclic) bond motifs is 2. The first-order valence-corrected chi connectivity index (χ1v) is 8.01. The zero-order valence-electron chi connectivity index (χ0n) is 13.1. The van der Waals surface area contributed by atoms with Crippen LogP contribution in [0.2, 0.25) is 0 Å². The average Bonchev–Trinajstić information content (AvgIpc) is 2.84. The predicted octanol–water partition coefficient (Wildman–Crippen LogP) is 1.74. The second kappa shape index (κ2) is 7.79. The number of piperidine rings is 1. The van der Waals surface area contributed by atoms with Crippen molar-refractivity contribution in [1.82, 2.24) is 10.6 Å². The first kappa shape index (κ1) is 17.8. The number of carbonyl (C=O) groups is 2. The number of nitrogens with two attached hydrogens (primary N) is 1. The van der Waals surface area contributed by atoms with E-state index in [2.05, 4.69) is 10.6 Å². The van der Waals surface area contributed by atoms with Crippen LogP contribution in [0, 0.1) is 5.92 Å². The second-order valence-electron chi connectivity index (χ2n) is 6.52. The minimum atomic E-state index is -0.446. The van der Waals surface area contributed by atoms with E-state index >= 15 is 0 Å². The highest BCUT2D eigenvalue weighted by atomic mass is 35.5. The lowest BCUT2D eigenvalue weighted by Crippen LogP contribution is -2.39. The Labute approximate surface area is 142 Å². The number of nitrogens with one attached hydrogen (secondary N) is 2. The second-order valence-corrected chi connectivity index (χ2v) is 6.52. The van der Waals surface area contributed by atoms with Gasteiger partial charge in [0.05, 0.1) is 0 Å². The normalized spacial score (nSPS) is 25.5. The van der Waals surface area contributed by atoms with Crippen LogP contribution < -0.4 is 16.4 Å². The summed E-state index contributed by atoms with van der Waals surface area (Å²) in [6.07, 6.45) is 5.33. The van der Waals surface area contributed by atoms with Crippen LogP contribution in [0.25, 0.3) is 0 Å². The quantitative estimate of drug-likeness (QED) is 0.765. The average molecular weight is 338 g/mol. The van der Waals surface area contributed by atoms with Gasteiger partial charge in [-0.05, 0) is 49.3 Å². The van der Waals surface area contributed by atoms with E-state index in [1.165, 1.54) is 12.8 Å². The topological polar surface area (TPSA) is 84.2 Å². The molecular formula is C17H24ClN3O2. The molecule has 2 aliphatic heterocycles. The van der Waals surface area contributed by atoms with E-state index in [1.807, 2.05) is 6.07 Å². The molecule has 0 spiro atoms. The summed E-state index contributed by atoms with van der Waals surface area (Å²) in [6.45, 7) is 0.442.